The lowest BCUT2D eigenvalue weighted by molar-refractivity contribution is -0.116. The summed E-state index contributed by atoms with van der Waals surface area (Å²) in [5.41, 5.74) is -0.627. The van der Waals surface area contributed by atoms with E-state index < -0.39 is 23.7 Å². The van der Waals surface area contributed by atoms with Crippen LogP contribution < -0.4 is 16.6 Å². The summed E-state index contributed by atoms with van der Waals surface area (Å²) in [6.07, 6.45) is 2.16. The average molecular weight is 349 g/mol. The normalized spacial score (nSPS) is 11.1. The molecule has 1 N–H and O–H groups in total. The zero-order chi connectivity index (χ0) is 17.4. The van der Waals surface area contributed by atoms with Gasteiger partial charge in [0.15, 0.2) is 11.2 Å². The molecule has 3 heterocycles. The first-order valence-electron chi connectivity index (χ1n) is 7.15. The van der Waals surface area contributed by atoms with E-state index in [1.807, 2.05) is 6.92 Å². The molecule has 0 saturated carbocycles. The van der Waals surface area contributed by atoms with Gasteiger partial charge in [-0.1, -0.05) is 18.3 Å². The third-order valence-corrected chi connectivity index (χ3v) is 4.50. The molecule has 11 heteroatoms. The molecule has 24 heavy (non-hydrogen) atoms. The van der Waals surface area contributed by atoms with E-state index in [9.17, 15) is 14.4 Å². The Kier molecular flexibility index (Phi) is 4.01. The number of aromatic nitrogens is 6. The van der Waals surface area contributed by atoms with E-state index in [-0.39, 0.29) is 11.2 Å². The van der Waals surface area contributed by atoms with E-state index in [1.165, 1.54) is 33.8 Å². The number of carbonyl (C=O) groups excluding carboxylic acids is 1. The van der Waals surface area contributed by atoms with Crippen molar-refractivity contribution in [1.82, 2.24) is 28.9 Å². The molecule has 0 bridgehead atoms. The number of imidazole rings is 1. The highest BCUT2D eigenvalue weighted by Gasteiger charge is 2.17. The van der Waals surface area contributed by atoms with Crippen molar-refractivity contribution in [3.05, 3.63) is 32.2 Å². The average Bonchev–Trinajstić information content (AvgIpc) is 3.16. The standard InChI is InChI=1S/C13H15N7O3S/c1-4-8-16-17-12(24-8)15-7(21)5-20-11(22)9-10(14-6-18(9)2)19(3)13(20)23/h6H,4-5H2,1-3H3,(H,15,17,21). The van der Waals surface area contributed by atoms with E-state index in [0.29, 0.717) is 11.6 Å². The molecule has 3 aromatic heterocycles. The molecule has 0 aliphatic carbocycles. The van der Waals surface area contributed by atoms with E-state index in [4.69, 9.17) is 0 Å². The highest BCUT2D eigenvalue weighted by molar-refractivity contribution is 7.15. The van der Waals surface area contributed by atoms with Crippen LogP contribution in [0.4, 0.5) is 5.13 Å². The number of hydrogen-bond donors (Lipinski definition) is 1. The van der Waals surface area contributed by atoms with Gasteiger partial charge in [-0.05, 0) is 6.42 Å². The predicted octanol–water partition coefficient (Wildman–Crippen LogP) is -0.514. The Balaban J connectivity index is 1.95. The van der Waals surface area contributed by atoms with Gasteiger partial charge in [-0.15, -0.1) is 10.2 Å². The van der Waals surface area contributed by atoms with Gasteiger partial charge in [-0.2, -0.15) is 0 Å². The summed E-state index contributed by atoms with van der Waals surface area (Å²) in [7, 11) is 3.16. The van der Waals surface area contributed by atoms with Crippen LogP contribution in [0, 0.1) is 0 Å². The zero-order valence-electron chi connectivity index (χ0n) is 13.3. The van der Waals surface area contributed by atoms with Crippen molar-refractivity contribution in [1.29, 1.82) is 0 Å². The van der Waals surface area contributed by atoms with Gasteiger partial charge in [0.25, 0.3) is 5.56 Å². The van der Waals surface area contributed by atoms with Crippen molar-refractivity contribution < 1.29 is 4.79 Å². The zero-order valence-corrected chi connectivity index (χ0v) is 14.1. The lowest BCUT2D eigenvalue weighted by atomic mass is 10.4. The summed E-state index contributed by atoms with van der Waals surface area (Å²) in [6.45, 7) is 1.52. The highest BCUT2D eigenvalue weighted by Crippen LogP contribution is 2.15. The van der Waals surface area contributed by atoms with Crippen molar-refractivity contribution >= 4 is 33.5 Å². The first-order valence-corrected chi connectivity index (χ1v) is 7.97. The number of rotatable bonds is 4. The molecular formula is C13H15N7O3S. The first-order chi connectivity index (χ1) is 11.4. The Morgan fingerprint density at radius 3 is 2.71 bits per heavy atom. The molecular weight excluding hydrogens is 334 g/mol. The van der Waals surface area contributed by atoms with Crippen molar-refractivity contribution in [2.24, 2.45) is 14.1 Å². The predicted molar refractivity (Wildman–Crippen MR) is 88.1 cm³/mol. The van der Waals surface area contributed by atoms with Gasteiger partial charge in [0.1, 0.15) is 11.6 Å². The molecule has 0 aliphatic heterocycles. The Hall–Kier alpha value is -2.82. The molecule has 10 nitrogen and oxygen atoms in total. The van der Waals surface area contributed by atoms with Gasteiger partial charge in [0, 0.05) is 14.1 Å². The number of nitrogens with zero attached hydrogens (tertiary/aromatic N) is 6. The van der Waals surface area contributed by atoms with Gasteiger partial charge in [0.2, 0.25) is 11.0 Å². The van der Waals surface area contributed by atoms with Crippen molar-refractivity contribution in [3.63, 3.8) is 0 Å². The molecule has 0 spiro atoms. The van der Waals surface area contributed by atoms with Crippen molar-refractivity contribution in [2.45, 2.75) is 19.9 Å². The molecule has 0 atom stereocenters. The number of amides is 1. The van der Waals surface area contributed by atoms with Crippen LogP contribution >= 0.6 is 11.3 Å². The fraction of sp³-hybridized carbons (Fsp3) is 0.385. The second-order valence-corrected chi connectivity index (χ2v) is 6.23. The third-order valence-electron chi connectivity index (χ3n) is 3.52. The molecule has 3 aromatic rings. The second-order valence-electron chi connectivity index (χ2n) is 5.16. The van der Waals surface area contributed by atoms with Crippen LogP contribution in [0.1, 0.15) is 11.9 Å². The molecule has 0 unspecified atom stereocenters. The van der Waals surface area contributed by atoms with Gasteiger partial charge in [0.05, 0.1) is 6.33 Å². The number of anilines is 1. The van der Waals surface area contributed by atoms with E-state index in [0.717, 1.165) is 9.57 Å². The minimum absolute atomic E-state index is 0.258. The molecule has 0 fully saturated rings. The Morgan fingerprint density at radius 1 is 1.29 bits per heavy atom. The molecule has 126 valence electrons. The summed E-state index contributed by atoms with van der Waals surface area (Å²) >= 11 is 1.25. The first kappa shape index (κ1) is 16.1. The SMILES string of the molecule is CCc1nnc(NC(=O)Cn2c(=O)c3c(ncn3C)n(C)c2=O)s1. The monoisotopic (exact) mass is 349 g/mol. The van der Waals surface area contributed by atoms with Gasteiger partial charge >= 0.3 is 5.69 Å². The Bertz CT molecular complexity index is 1040. The summed E-state index contributed by atoms with van der Waals surface area (Å²) < 4.78 is 3.63. The molecule has 0 radical (unpaired) electrons. The largest absolute Gasteiger partial charge is 0.332 e. The molecule has 1 amide bonds. The molecule has 0 aliphatic rings. The maximum atomic E-state index is 12.5. The summed E-state index contributed by atoms with van der Waals surface area (Å²) in [4.78, 5) is 41.0. The number of carbonyl (C=O) groups is 1. The van der Waals surface area contributed by atoms with Crippen molar-refractivity contribution in [2.75, 3.05) is 5.32 Å². The van der Waals surface area contributed by atoms with E-state index >= 15 is 0 Å². The van der Waals surface area contributed by atoms with Crippen LogP contribution in [0.15, 0.2) is 15.9 Å². The molecule has 0 aromatic carbocycles. The van der Waals surface area contributed by atoms with Crippen LogP contribution in [-0.2, 0) is 31.9 Å². The number of hydrogen-bond acceptors (Lipinski definition) is 7. The fourth-order valence-electron chi connectivity index (χ4n) is 2.29. The Labute approximate surface area is 139 Å². The maximum absolute atomic E-state index is 12.5. The highest BCUT2D eigenvalue weighted by atomic mass is 32.1. The molecule has 0 saturated heterocycles. The van der Waals surface area contributed by atoms with Crippen LogP contribution in [0.2, 0.25) is 0 Å². The van der Waals surface area contributed by atoms with Crippen molar-refractivity contribution in [3.8, 4) is 0 Å². The lowest BCUT2D eigenvalue weighted by Gasteiger charge is -2.08. The van der Waals surface area contributed by atoms with E-state index in [1.54, 1.807) is 7.05 Å². The van der Waals surface area contributed by atoms with Crippen LogP contribution in [0.3, 0.4) is 0 Å². The summed E-state index contributed by atoms with van der Waals surface area (Å²) in [5.74, 6) is -0.519. The van der Waals surface area contributed by atoms with Crippen LogP contribution in [-0.4, -0.2) is 34.8 Å². The number of fused-ring (bicyclic) bond motifs is 1. The third kappa shape index (κ3) is 2.62. The summed E-state index contributed by atoms with van der Waals surface area (Å²) in [5, 5.41) is 11.4. The second kappa shape index (κ2) is 6.00. The van der Waals surface area contributed by atoms with Gasteiger partial charge in [-0.3, -0.25) is 19.5 Å². The van der Waals surface area contributed by atoms with Gasteiger partial charge < -0.3 is 4.57 Å². The smallest absolute Gasteiger partial charge is 0.328 e. The van der Waals surface area contributed by atoms with Crippen LogP contribution in [0.25, 0.3) is 11.2 Å². The lowest BCUT2D eigenvalue weighted by Crippen LogP contribution is -2.42. The fourth-order valence-corrected chi connectivity index (χ4v) is 2.98. The Morgan fingerprint density at radius 2 is 2.04 bits per heavy atom. The maximum Gasteiger partial charge on any atom is 0.332 e. The summed E-state index contributed by atoms with van der Waals surface area (Å²) in [6, 6.07) is 0. The topological polar surface area (TPSA) is 117 Å². The van der Waals surface area contributed by atoms with Crippen LogP contribution in [0.5, 0.6) is 0 Å². The van der Waals surface area contributed by atoms with Gasteiger partial charge in [-0.25, -0.2) is 14.3 Å². The molecule has 3 rings (SSSR count). The number of aryl methyl sites for hydroxylation is 3. The minimum atomic E-state index is -0.604. The number of nitrogens with one attached hydrogen (secondary N) is 1. The quantitative estimate of drug-likeness (QED) is 0.678. The van der Waals surface area contributed by atoms with E-state index in [2.05, 4.69) is 20.5 Å². The minimum Gasteiger partial charge on any atom is -0.328 e.